The van der Waals surface area contributed by atoms with Gasteiger partial charge in [-0.25, -0.2) is 4.79 Å². The maximum absolute atomic E-state index is 13.6. The molecule has 11 nitrogen and oxygen atoms in total. The molecular formula is C36H64N2O9Si2. The summed E-state index contributed by atoms with van der Waals surface area (Å²) in [5, 5.41) is 14.9. The third kappa shape index (κ3) is 14.9. The van der Waals surface area contributed by atoms with Gasteiger partial charge >= 0.3 is 12.1 Å². The van der Waals surface area contributed by atoms with Crippen LogP contribution in [-0.2, 0) is 30.3 Å². The second-order valence-corrected chi connectivity index (χ2v) is 27.2. The molecule has 2 amide bonds. The summed E-state index contributed by atoms with van der Waals surface area (Å²) < 4.78 is 24.2. The number of aliphatic hydroxyl groups excluding tert-OH is 1. The van der Waals surface area contributed by atoms with Crippen molar-refractivity contribution in [3.8, 4) is 11.5 Å². The van der Waals surface area contributed by atoms with E-state index >= 15 is 0 Å². The van der Waals surface area contributed by atoms with Crippen molar-refractivity contribution in [3.05, 3.63) is 23.8 Å². The van der Waals surface area contributed by atoms with E-state index < -0.39 is 70.3 Å². The maximum atomic E-state index is 13.6. The highest BCUT2D eigenvalue weighted by Crippen LogP contribution is 2.44. The van der Waals surface area contributed by atoms with E-state index in [1.165, 1.54) is 0 Å². The first kappa shape index (κ1) is 44.1. The van der Waals surface area contributed by atoms with E-state index in [0.29, 0.717) is 17.1 Å². The number of carbonyl (C=O) groups excluding carboxylic acids is 4. The monoisotopic (exact) mass is 724 g/mol. The molecule has 1 rings (SSSR count). The van der Waals surface area contributed by atoms with E-state index in [-0.39, 0.29) is 29.3 Å². The van der Waals surface area contributed by atoms with Crippen LogP contribution in [0.2, 0.25) is 36.3 Å². The molecule has 0 aromatic heterocycles. The van der Waals surface area contributed by atoms with Crippen molar-refractivity contribution in [2.45, 2.75) is 162 Å². The van der Waals surface area contributed by atoms with Crippen LogP contribution in [0.3, 0.4) is 0 Å². The third-order valence-electron chi connectivity index (χ3n) is 8.72. The van der Waals surface area contributed by atoms with Gasteiger partial charge in [-0.1, -0.05) is 47.6 Å². The number of ketones is 1. The Bertz CT molecular complexity index is 1320. The second-order valence-electron chi connectivity index (χ2n) is 17.7. The van der Waals surface area contributed by atoms with E-state index in [2.05, 4.69) is 78.4 Å². The number of hydrogen-bond donors (Lipinski definition) is 3. The molecule has 1 aromatic carbocycles. The third-order valence-corrected chi connectivity index (χ3v) is 17.4. The fourth-order valence-electron chi connectivity index (χ4n) is 3.94. The summed E-state index contributed by atoms with van der Waals surface area (Å²) in [6.45, 7) is 31.0. The number of alkyl carbamates (subject to hydrolysis) is 1. The quantitative estimate of drug-likeness (QED) is 0.135. The lowest BCUT2D eigenvalue weighted by Crippen LogP contribution is -2.53. The van der Waals surface area contributed by atoms with E-state index in [1.54, 1.807) is 41.5 Å². The highest BCUT2D eigenvalue weighted by molar-refractivity contribution is 6.75. The van der Waals surface area contributed by atoms with Crippen molar-refractivity contribution >= 4 is 40.4 Å². The molecule has 0 aliphatic rings. The number of ether oxygens (including phenoxy) is 2. The van der Waals surface area contributed by atoms with Gasteiger partial charge in [0.1, 0.15) is 35.3 Å². The first-order valence-corrected chi connectivity index (χ1v) is 22.9. The van der Waals surface area contributed by atoms with Crippen LogP contribution in [0.25, 0.3) is 0 Å². The SMILES string of the molecule is CC(C)(C)OC(=O)CC[C@H](NC(=O)OC(C)(C)C)C(=O)N[C@@H](Cc1ccc(O[Si](C)(C)C(C)(C)C)c(O[Si](C)(C)C(C)(C)C)c1)C(=O)CO. The van der Waals surface area contributed by atoms with Gasteiger partial charge in [0.2, 0.25) is 5.91 Å². The lowest BCUT2D eigenvalue weighted by molar-refractivity contribution is -0.155. The average Bonchev–Trinajstić information content (AvgIpc) is 2.87. The fraction of sp³-hybridized carbons (Fsp3) is 0.722. The molecule has 0 aliphatic carbocycles. The van der Waals surface area contributed by atoms with E-state index in [0.717, 1.165) is 0 Å². The summed E-state index contributed by atoms with van der Waals surface area (Å²) in [5.41, 5.74) is -0.894. The smallest absolute Gasteiger partial charge is 0.408 e. The predicted molar refractivity (Wildman–Crippen MR) is 198 cm³/mol. The van der Waals surface area contributed by atoms with Gasteiger partial charge in [-0.2, -0.15) is 0 Å². The summed E-state index contributed by atoms with van der Waals surface area (Å²) in [5.74, 6) is -0.689. The minimum absolute atomic E-state index is 0.0323. The van der Waals surface area contributed by atoms with Crippen LogP contribution in [0.4, 0.5) is 4.79 Å². The summed E-state index contributed by atoms with van der Waals surface area (Å²) in [7, 11) is -4.58. The zero-order valence-electron chi connectivity index (χ0n) is 32.9. The number of esters is 1. The number of Topliss-reactive ketones (excluding diaryl/α,β-unsaturated/α-hetero) is 1. The molecule has 13 heteroatoms. The summed E-state index contributed by atoms with van der Waals surface area (Å²) in [6, 6.07) is 3.13. The van der Waals surface area contributed by atoms with Gasteiger partial charge in [-0.3, -0.25) is 14.4 Å². The number of rotatable bonds is 14. The van der Waals surface area contributed by atoms with Crippen LogP contribution in [0.1, 0.15) is 101 Å². The molecule has 280 valence electrons. The molecule has 0 bridgehead atoms. The Morgan fingerprint density at radius 1 is 0.714 bits per heavy atom. The van der Waals surface area contributed by atoms with Gasteiger partial charge in [-0.15, -0.1) is 0 Å². The maximum Gasteiger partial charge on any atom is 0.408 e. The van der Waals surface area contributed by atoms with Gasteiger partial charge < -0.3 is 34.1 Å². The first-order chi connectivity index (χ1) is 21.9. The topological polar surface area (TPSA) is 149 Å². The Kier molecular flexibility index (Phi) is 14.8. The molecule has 49 heavy (non-hydrogen) atoms. The molecular weight excluding hydrogens is 661 g/mol. The van der Waals surface area contributed by atoms with E-state index in [4.69, 9.17) is 18.3 Å². The van der Waals surface area contributed by atoms with Gasteiger partial charge in [-0.05, 0) is 108 Å². The molecule has 0 radical (unpaired) electrons. The highest BCUT2D eigenvalue weighted by atomic mass is 28.4. The van der Waals surface area contributed by atoms with Gasteiger partial charge in [0.05, 0.1) is 6.04 Å². The predicted octanol–water partition coefficient (Wildman–Crippen LogP) is 7.06. The molecule has 0 unspecified atom stereocenters. The normalized spacial score (nSPS) is 14.3. The van der Waals surface area contributed by atoms with E-state index in [1.807, 2.05) is 18.2 Å². The molecule has 0 saturated heterocycles. The second kappa shape index (κ2) is 16.4. The fourth-order valence-corrected chi connectivity index (χ4v) is 5.98. The molecule has 0 fully saturated rings. The Balaban J connectivity index is 3.49. The van der Waals surface area contributed by atoms with Crippen LogP contribution < -0.4 is 19.5 Å². The zero-order valence-corrected chi connectivity index (χ0v) is 34.9. The van der Waals surface area contributed by atoms with Crippen LogP contribution in [0.15, 0.2) is 18.2 Å². The van der Waals surface area contributed by atoms with Crippen molar-refractivity contribution in [2.75, 3.05) is 6.61 Å². The molecule has 0 saturated carbocycles. The Morgan fingerprint density at radius 2 is 1.20 bits per heavy atom. The number of aliphatic hydroxyl groups is 1. The Labute approximate surface area is 296 Å². The minimum atomic E-state index is -2.33. The van der Waals surface area contributed by atoms with Crippen LogP contribution in [0.5, 0.6) is 11.5 Å². The zero-order chi connectivity index (χ0) is 38.4. The molecule has 2 atom stereocenters. The lowest BCUT2D eigenvalue weighted by Gasteiger charge is -2.39. The molecule has 0 aliphatic heterocycles. The van der Waals surface area contributed by atoms with E-state index in [9.17, 15) is 24.3 Å². The number of benzene rings is 1. The average molecular weight is 725 g/mol. The number of carbonyl (C=O) groups is 4. The minimum Gasteiger partial charge on any atom is -0.541 e. The van der Waals surface area contributed by atoms with Crippen molar-refractivity contribution in [1.82, 2.24) is 10.6 Å². The summed E-state index contributed by atoms with van der Waals surface area (Å²) >= 11 is 0. The molecule has 3 N–H and O–H groups in total. The van der Waals surface area contributed by atoms with Crippen LogP contribution >= 0.6 is 0 Å². The van der Waals surface area contributed by atoms with Crippen LogP contribution in [-0.4, -0.2) is 75.4 Å². The standard InChI is InChI=1S/C36H64N2O9Si2/c1-33(2,3)44-30(41)20-18-25(38-32(43)45-34(4,5)6)31(42)37-26(27(40)23-39)21-24-17-19-28(46-48(13,14)35(7,8)9)29(22-24)47-49(15,16)36(10,11)12/h17,19,22,25-26,39H,18,20-21,23H2,1-16H3,(H,37,42)(H,38,43)/t25-,26-/m0/s1. The molecule has 1 aromatic rings. The summed E-state index contributed by atoms with van der Waals surface area (Å²) in [6.07, 6.45) is -1.10. The highest BCUT2D eigenvalue weighted by Gasteiger charge is 2.42. The summed E-state index contributed by atoms with van der Waals surface area (Å²) in [4.78, 5) is 51.8. The Hall–Kier alpha value is -2.91. The number of nitrogens with one attached hydrogen (secondary N) is 2. The Morgan fingerprint density at radius 3 is 1.65 bits per heavy atom. The largest absolute Gasteiger partial charge is 0.541 e. The van der Waals surface area contributed by atoms with Gasteiger partial charge in [0, 0.05) is 6.42 Å². The number of amides is 2. The molecule has 0 heterocycles. The van der Waals surface area contributed by atoms with Gasteiger partial charge in [0.25, 0.3) is 16.6 Å². The first-order valence-electron chi connectivity index (χ1n) is 17.0. The van der Waals surface area contributed by atoms with Crippen molar-refractivity contribution in [1.29, 1.82) is 0 Å². The van der Waals surface area contributed by atoms with Crippen molar-refractivity contribution < 1.29 is 42.6 Å². The number of hydrogen-bond acceptors (Lipinski definition) is 9. The van der Waals surface area contributed by atoms with Crippen molar-refractivity contribution in [2.24, 2.45) is 0 Å². The lowest BCUT2D eigenvalue weighted by atomic mass is 10.0. The molecule has 0 spiro atoms. The van der Waals surface area contributed by atoms with Crippen molar-refractivity contribution in [3.63, 3.8) is 0 Å². The van der Waals surface area contributed by atoms with Gasteiger partial charge in [0.15, 0.2) is 5.78 Å². The van der Waals surface area contributed by atoms with Crippen LogP contribution in [0, 0.1) is 0 Å².